The number of rotatable bonds is 3. The molecule has 0 bridgehead atoms. The maximum Gasteiger partial charge on any atom is 0.417 e. The van der Waals surface area contributed by atoms with E-state index < -0.39 is 28.5 Å². The minimum absolute atomic E-state index is 0.00468. The molecule has 0 saturated heterocycles. The third kappa shape index (κ3) is 4.25. The molecule has 4 N–H and O–H groups in total. The summed E-state index contributed by atoms with van der Waals surface area (Å²) in [5.74, 6) is 4.61. The van der Waals surface area contributed by atoms with Crippen molar-refractivity contribution < 1.29 is 22.4 Å². The van der Waals surface area contributed by atoms with E-state index in [1.807, 2.05) is 0 Å². The molecule has 0 fully saturated rings. The molecule has 1 aromatic heterocycles. The predicted molar refractivity (Wildman–Crippen MR) is 96.8 cm³/mol. The number of alkyl halides is 3. The van der Waals surface area contributed by atoms with Gasteiger partial charge in [-0.25, -0.2) is 25.2 Å². The first-order valence-corrected chi connectivity index (χ1v) is 8.62. The molecule has 0 spiro atoms. The van der Waals surface area contributed by atoms with Crippen molar-refractivity contribution in [3.8, 4) is 0 Å². The van der Waals surface area contributed by atoms with E-state index in [9.17, 15) is 22.4 Å². The fourth-order valence-corrected chi connectivity index (χ4v) is 3.18. The number of nitrogens with zero attached hydrogens (tertiary/aromatic N) is 4. The van der Waals surface area contributed by atoms with Gasteiger partial charge in [0.1, 0.15) is 0 Å². The molecule has 1 aliphatic heterocycles. The molecule has 29 heavy (non-hydrogen) atoms. The van der Waals surface area contributed by atoms with Gasteiger partial charge >= 0.3 is 6.18 Å². The van der Waals surface area contributed by atoms with Gasteiger partial charge in [0.15, 0.2) is 5.82 Å². The SMILES string of the molecule is NC1=C(N(N)c2ncc(F)cn2)CCN(C(=O)c2cccc(C(F)(F)F)c2Cl)C1. The van der Waals surface area contributed by atoms with Crippen LogP contribution >= 0.6 is 11.6 Å². The Labute approximate surface area is 167 Å². The van der Waals surface area contributed by atoms with Crippen molar-refractivity contribution in [2.45, 2.75) is 12.6 Å². The molecule has 3 rings (SSSR count). The second kappa shape index (κ2) is 7.84. The van der Waals surface area contributed by atoms with Crippen molar-refractivity contribution in [2.75, 3.05) is 18.1 Å². The molecule has 2 heterocycles. The molecule has 154 valence electrons. The summed E-state index contributed by atoms with van der Waals surface area (Å²) in [4.78, 5) is 21.5. The highest BCUT2D eigenvalue weighted by Gasteiger charge is 2.35. The summed E-state index contributed by atoms with van der Waals surface area (Å²) in [6, 6.07) is 3.14. The smallest absolute Gasteiger partial charge is 0.399 e. The fraction of sp³-hybridized carbons (Fsp3) is 0.235. The number of hydrogen-bond donors (Lipinski definition) is 2. The van der Waals surface area contributed by atoms with E-state index in [4.69, 9.17) is 23.2 Å². The van der Waals surface area contributed by atoms with Gasteiger partial charge in [-0.05, 0) is 12.1 Å². The number of hydrogen-bond acceptors (Lipinski definition) is 6. The van der Waals surface area contributed by atoms with E-state index in [-0.39, 0.29) is 36.7 Å². The predicted octanol–water partition coefficient (Wildman–Crippen LogP) is 2.68. The van der Waals surface area contributed by atoms with Crippen LogP contribution in [0.1, 0.15) is 22.3 Å². The van der Waals surface area contributed by atoms with Crippen LogP contribution in [0.4, 0.5) is 23.5 Å². The van der Waals surface area contributed by atoms with E-state index in [2.05, 4.69) is 9.97 Å². The summed E-state index contributed by atoms with van der Waals surface area (Å²) in [5, 5.41) is 0.409. The molecule has 1 amide bonds. The lowest BCUT2D eigenvalue weighted by molar-refractivity contribution is -0.137. The Morgan fingerprint density at radius 2 is 1.90 bits per heavy atom. The van der Waals surface area contributed by atoms with Crippen molar-refractivity contribution in [1.29, 1.82) is 0 Å². The number of halogens is 5. The summed E-state index contributed by atoms with van der Waals surface area (Å²) >= 11 is 5.83. The standard InChI is InChI=1S/C17H15ClF4N6O/c18-14-10(2-1-3-11(14)17(20,21)22)15(29)27-5-4-13(12(23)8-27)28(24)16-25-6-9(19)7-26-16/h1-3,6-7H,4-5,8,23-24H2. The molecular formula is C17H15ClF4N6O. The van der Waals surface area contributed by atoms with Gasteiger partial charge in [0.2, 0.25) is 5.95 Å². The number of carbonyl (C=O) groups excluding carboxylic acids is 1. The number of carbonyl (C=O) groups is 1. The van der Waals surface area contributed by atoms with E-state index in [1.54, 1.807) is 0 Å². The number of benzene rings is 1. The molecule has 0 aliphatic carbocycles. The monoisotopic (exact) mass is 430 g/mol. The maximum absolute atomic E-state index is 13.0. The van der Waals surface area contributed by atoms with E-state index >= 15 is 0 Å². The van der Waals surface area contributed by atoms with Gasteiger partial charge in [-0.15, -0.1) is 0 Å². The average molecular weight is 431 g/mol. The van der Waals surface area contributed by atoms with Crippen molar-refractivity contribution in [2.24, 2.45) is 11.6 Å². The molecule has 2 aromatic rings. The van der Waals surface area contributed by atoms with Crippen molar-refractivity contribution >= 4 is 23.5 Å². The van der Waals surface area contributed by atoms with Gasteiger partial charge in [0.25, 0.3) is 5.91 Å². The Kier molecular flexibility index (Phi) is 5.62. The van der Waals surface area contributed by atoms with E-state index in [0.29, 0.717) is 5.70 Å². The lowest BCUT2D eigenvalue weighted by atomic mass is 10.1. The van der Waals surface area contributed by atoms with Crippen LogP contribution in [0.15, 0.2) is 42.0 Å². The van der Waals surface area contributed by atoms with Gasteiger partial charge in [0, 0.05) is 18.7 Å². The molecule has 1 aliphatic rings. The average Bonchev–Trinajstić information content (AvgIpc) is 2.66. The zero-order chi connectivity index (χ0) is 21.3. The minimum atomic E-state index is -4.68. The Morgan fingerprint density at radius 3 is 2.48 bits per heavy atom. The third-order valence-electron chi connectivity index (χ3n) is 4.29. The summed E-state index contributed by atoms with van der Waals surface area (Å²) in [6.45, 7) is 0.0337. The molecular weight excluding hydrogens is 416 g/mol. The first kappa shape index (κ1) is 20.8. The largest absolute Gasteiger partial charge is 0.417 e. The van der Waals surface area contributed by atoms with Crippen LogP contribution in [0.3, 0.4) is 0 Å². The molecule has 0 unspecified atom stereocenters. The van der Waals surface area contributed by atoms with Crippen LogP contribution in [-0.4, -0.2) is 33.9 Å². The maximum atomic E-state index is 13.0. The van der Waals surface area contributed by atoms with Crippen LogP contribution in [0.25, 0.3) is 0 Å². The quantitative estimate of drug-likeness (QED) is 0.441. The van der Waals surface area contributed by atoms with Gasteiger partial charge < -0.3 is 10.6 Å². The van der Waals surface area contributed by atoms with Crippen LogP contribution in [0.5, 0.6) is 0 Å². The highest BCUT2D eigenvalue weighted by atomic mass is 35.5. The van der Waals surface area contributed by atoms with Crippen LogP contribution < -0.4 is 16.6 Å². The Morgan fingerprint density at radius 1 is 1.24 bits per heavy atom. The first-order valence-electron chi connectivity index (χ1n) is 8.24. The second-order valence-corrected chi connectivity index (χ2v) is 6.56. The summed E-state index contributed by atoms with van der Waals surface area (Å²) in [6.07, 6.45) is -2.62. The lowest BCUT2D eigenvalue weighted by Crippen LogP contribution is -2.44. The molecule has 12 heteroatoms. The van der Waals surface area contributed by atoms with Gasteiger partial charge in [-0.2, -0.15) is 13.2 Å². The normalized spacial score (nSPS) is 14.9. The number of aromatic nitrogens is 2. The Bertz CT molecular complexity index is 963. The second-order valence-electron chi connectivity index (χ2n) is 6.18. The van der Waals surface area contributed by atoms with Crippen LogP contribution in [-0.2, 0) is 6.18 Å². The first-order chi connectivity index (χ1) is 13.6. The summed E-state index contributed by atoms with van der Waals surface area (Å²) in [7, 11) is 0. The molecule has 0 atom stereocenters. The van der Waals surface area contributed by atoms with Crippen molar-refractivity contribution in [1.82, 2.24) is 14.9 Å². The molecule has 1 aromatic carbocycles. The topological polar surface area (TPSA) is 101 Å². The lowest BCUT2D eigenvalue weighted by Gasteiger charge is -2.32. The van der Waals surface area contributed by atoms with Gasteiger partial charge in [0.05, 0.1) is 40.8 Å². The number of hydrazine groups is 1. The summed E-state index contributed by atoms with van der Waals surface area (Å²) < 4.78 is 52.1. The zero-order valence-electron chi connectivity index (χ0n) is 14.7. The summed E-state index contributed by atoms with van der Waals surface area (Å²) in [5.41, 5.74) is 5.26. The number of nitrogens with two attached hydrogens (primary N) is 2. The van der Waals surface area contributed by atoms with Crippen molar-refractivity contribution in [3.63, 3.8) is 0 Å². The third-order valence-corrected chi connectivity index (χ3v) is 4.69. The number of anilines is 1. The van der Waals surface area contributed by atoms with E-state index in [1.165, 1.54) is 11.0 Å². The van der Waals surface area contributed by atoms with Gasteiger partial charge in [-0.1, -0.05) is 17.7 Å². The Balaban J connectivity index is 1.82. The Hall–Kier alpha value is -2.92. The van der Waals surface area contributed by atoms with Gasteiger partial charge in [-0.3, -0.25) is 4.79 Å². The highest BCUT2D eigenvalue weighted by Crippen LogP contribution is 2.36. The molecule has 0 radical (unpaired) electrons. The van der Waals surface area contributed by atoms with E-state index in [0.717, 1.165) is 29.5 Å². The molecule has 0 saturated carbocycles. The van der Waals surface area contributed by atoms with Crippen molar-refractivity contribution in [3.05, 3.63) is 64.0 Å². The zero-order valence-corrected chi connectivity index (χ0v) is 15.5. The number of amides is 1. The minimum Gasteiger partial charge on any atom is -0.399 e. The fourth-order valence-electron chi connectivity index (χ4n) is 2.86. The van der Waals surface area contributed by atoms with Crippen LogP contribution in [0, 0.1) is 5.82 Å². The molecule has 7 nitrogen and oxygen atoms in total. The highest BCUT2D eigenvalue weighted by molar-refractivity contribution is 6.34. The van der Waals surface area contributed by atoms with Crippen LogP contribution in [0.2, 0.25) is 5.02 Å².